The topological polar surface area (TPSA) is 87.2 Å². The minimum atomic E-state index is -0.852. The maximum atomic E-state index is 11.9. The number of amides is 1. The van der Waals surface area contributed by atoms with Crippen LogP contribution in [0.25, 0.3) is 11.0 Å². The highest BCUT2D eigenvalue weighted by molar-refractivity contribution is 5.97. The number of aromatic amines is 1. The van der Waals surface area contributed by atoms with Crippen molar-refractivity contribution in [1.29, 1.82) is 0 Å². The first-order valence-corrected chi connectivity index (χ1v) is 6.47. The van der Waals surface area contributed by atoms with Crippen LogP contribution in [0, 0.1) is 0 Å². The number of fused-ring (bicyclic) bond motifs is 1. The fourth-order valence-corrected chi connectivity index (χ4v) is 1.74. The van der Waals surface area contributed by atoms with E-state index in [4.69, 9.17) is 4.74 Å². The molecular formula is C14H19N3O3. The minimum absolute atomic E-state index is 0.159. The number of aliphatic hydroxyl groups is 1. The summed E-state index contributed by atoms with van der Waals surface area (Å²) in [5, 5.41) is 12.2. The van der Waals surface area contributed by atoms with Gasteiger partial charge in [0.15, 0.2) is 0 Å². The Morgan fingerprint density at radius 1 is 1.50 bits per heavy atom. The maximum Gasteiger partial charge on any atom is 0.251 e. The lowest BCUT2D eigenvalue weighted by Gasteiger charge is -2.16. The van der Waals surface area contributed by atoms with Crippen molar-refractivity contribution < 1.29 is 14.6 Å². The third kappa shape index (κ3) is 4.04. The quantitative estimate of drug-likeness (QED) is 0.689. The van der Waals surface area contributed by atoms with E-state index in [-0.39, 0.29) is 12.5 Å². The van der Waals surface area contributed by atoms with Gasteiger partial charge in [0.1, 0.15) is 0 Å². The monoisotopic (exact) mass is 277 g/mol. The van der Waals surface area contributed by atoms with Gasteiger partial charge in [-0.25, -0.2) is 4.98 Å². The van der Waals surface area contributed by atoms with Gasteiger partial charge in [-0.2, -0.15) is 0 Å². The number of benzene rings is 1. The minimum Gasteiger partial charge on any atom is -0.388 e. The van der Waals surface area contributed by atoms with E-state index >= 15 is 0 Å². The van der Waals surface area contributed by atoms with Gasteiger partial charge in [-0.1, -0.05) is 0 Å². The van der Waals surface area contributed by atoms with Crippen molar-refractivity contribution in [3.8, 4) is 0 Å². The Hall–Kier alpha value is -1.92. The number of carbonyl (C=O) groups is 1. The second kappa shape index (κ2) is 6.02. The number of rotatable bonds is 6. The lowest BCUT2D eigenvalue weighted by molar-refractivity contribution is -0.0194. The van der Waals surface area contributed by atoms with Crippen LogP contribution in [0.2, 0.25) is 0 Å². The summed E-state index contributed by atoms with van der Waals surface area (Å²) in [6, 6.07) is 5.29. The van der Waals surface area contributed by atoms with Crippen LogP contribution < -0.4 is 5.32 Å². The van der Waals surface area contributed by atoms with Crippen LogP contribution in [-0.4, -0.2) is 46.3 Å². The molecule has 0 aliphatic heterocycles. The molecule has 0 aliphatic rings. The highest BCUT2D eigenvalue weighted by atomic mass is 16.5. The highest BCUT2D eigenvalue weighted by Crippen LogP contribution is 2.11. The SMILES string of the molecule is CC(C)(O)COCCNC(=O)c1ccc2nc[nH]c2c1. The Morgan fingerprint density at radius 2 is 2.30 bits per heavy atom. The summed E-state index contributed by atoms with van der Waals surface area (Å²) in [7, 11) is 0. The molecule has 0 atom stereocenters. The molecule has 0 aliphatic carbocycles. The van der Waals surface area contributed by atoms with Crippen molar-refractivity contribution in [3.63, 3.8) is 0 Å². The van der Waals surface area contributed by atoms with Gasteiger partial charge in [-0.15, -0.1) is 0 Å². The second-order valence-corrected chi connectivity index (χ2v) is 5.26. The van der Waals surface area contributed by atoms with E-state index in [9.17, 15) is 9.90 Å². The molecule has 0 saturated heterocycles. The summed E-state index contributed by atoms with van der Waals surface area (Å²) in [5.41, 5.74) is 1.38. The molecule has 0 saturated carbocycles. The largest absolute Gasteiger partial charge is 0.388 e. The molecule has 0 radical (unpaired) electrons. The molecule has 2 aromatic rings. The van der Waals surface area contributed by atoms with E-state index in [1.165, 1.54) is 0 Å². The zero-order chi connectivity index (χ0) is 14.6. The van der Waals surface area contributed by atoms with Gasteiger partial charge in [0.05, 0.1) is 36.2 Å². The molecule has 1 aromatic heterocycles. The molecule has 2 rings (SSSR count). The Morgan fingerprint density at radius 3 is 3.05 bits per heavy atom. The fraction of sp³-hybridized carbons (Fsp3) is 0.429. The first-order chi connectivity index (χ1) is 9.46. The van der Waals surface area contributed by atoms with Crippen LogP contribution in [0.5, 0.6) is 0 Å². The van der Waals surface area contributed by atoms with Crippen molar-refractivity contribution in [2.75, 3.05) is 19.8 Å². The molecule has 108 valence electrons. The highest BCUT2D eigenvalue weighted by Gasteiger charge is 2.12. The Bertz CT molecular complexity index is 587. The van der Waals surface area contributed by atoms with Gasteiger partial charge in [-0.05, 0) is 32.0 Å². The van der Waals surface area contributed by atoms with E-state index in [2.05, 4.69) is 15.3 Å². The molecule has 6 heteroatoms. The number of hydrogen-bond donors (Lipinski definition) is 3. The number of ether oxygens (including phenoxy) is 1. The van der Waals surface area contributed by atoms with Crippen LogP contribution >= 0.6 is 0 Å². The van der Waals surface area contributed by atoms with Gasteiger partial charge < -0.3 is 20.1 Å². The molecule has 1 amide bonds. The zero-order valence-corrected chi connectivity index (χ0v) is 11.6. The van der Waals surface area contributed by atoms with Crippen molar-refractivity contribution in [2.24, 2.45) is 0 Å². The summed E-state index contributed by atoms with van der Waals surface area (Å²) in [6.07, 6.45) is 1.59. The number of nitrogens with zero attached hydrogens (tertiary/aromatic N) is 1. The number of carbonyl (C=O) groups excluding carboxylic acids is 1. The summed E-state index contributed by atoms with van der Waals surface area (Å²) >= 11 is 0. The predicted octanol–water partition coefficient (Wildman–Crippen LogP) is 1.08. The van der Waals surface area contributed by atoms with E-state index in [1.54, 1.807) is 38.4 Å². The average molecular weight is 277 g/mol. The number of aromatic nitrogens is 2. The molecular weight excluding hydrogens is 258 g/mol. The molecule has 0 bridgehead atoms. The molecule has 0 spiro atoms. The van der Waals surface area contributed by atoms with Crippen molar-refractivity contribution in [2.45, 2.75) is 19.4 Å². The third-order valence-electron chi connectivity index (χ3n) is 2.67. The lowest BCUT2D eigenvalue weighted by Crippen LogP contribution is -2.31. The van der Waals surface area contributed by atoms with Gasteiger partial charge in [0, 0.05) is 12.1 Å². The molecule has 20 heavy (non-hydrogen) atoms. The molecule has 3 N–H and O–H groups in total. The Kier molecular flexibility index (Phi) is 4.36. The van der Waals surface area contributed by atoms with Crippen molar-refractivity contribution in [3.05, 3.63) is 30.1 Å². The van der Waals surface area contributed by atoms with Gasteiger partial charge in [0.2, 0.25) is 0 Å². The number of nitrogens with one attached hydrogen (secondary N) is 2. The molecule has 1 heterocycles. The summed E-state index contributed by atoms with van der Waals surface area (Å²) in [6.45, 7) is 4.34. The number of imidazole rings is 1. The summed E-state index contributed by atoms with van der Waals surface area (Å²) in [5.74, 6) is -0.159. The second-order valence-electron chi connectivity index (χ2n) is 5.26. The summed E-state index contributed by atoms with van der Waals surface area (Å²) < 4.78 is 5.26. The van der Waals surface area contributed by atoms with Gasteiger partial charge in [0.25, 0.3) is 5.91 Å². The lowest BCUT2D eigenvalue weighted by atomic mass is 10.2. The molecule has 6 nitrogen and oxygen atoms in total. The molecule has 1 aromatic carbocycles. The Balaban J connectivity index is 1.80. The van der Waals surface area contributed by atoms with Crippen LogP contribution in [0.1, 0.15) is 24.2 Å². The van der Waals surface area contributed by atoms with Crippen molar-refractivity contribution in [1.82, 2.24) is 15.3 Å². The van der Waals surface area contributed by atoms with Crippen LogP contribution in [0.15, 0.2) is 24.5 Å². The van der Waals surface area contributed by atoms with E-state index in [0.717, 1.165) is 11.0 Å². The third-order valence-corrected chi connectivity index (χ3v) is 2.67. The smallest absolute Gasteiger partial charge is 0.251 e. The average Bonchev–Trinajstić information content (AvgIpc) is 2.83. The van der Waals surface area contributed by atoms with Crippen molar-refractivity contribution >= 4 is 16.9 Å². The van der Waals surface area contributed by atoms with E-state index in [1.807, 2.05) is 0 Å². The van der Waals surface area contributed by atoms with Gasteiger partial charge >= 0.3 is 0 Å². The zero-order valence-electron chi connectivity index (χ0n) is 11.6. The molecule has 0 fully saturated rings. The summed E-state index contributed by atoms with van der Waals surface area (Å²) in [4.78, 5) is 19.0. The number of H-pyrrole nitrogens is 1. The van der Waals surface area contributed by atoms with Gasteiger partial charge in [-0.3, -0.25) is 4.79 Å². The van der Waals surface area contributed by atoms with E-state index < -0.39 is 5.60 Å². The molecule has 0 unspecified atom stereocenters. The Labute approximate surface area is 117 Å². The first-order valence-electron chi connectivity index (χ1n) is 6.47. The van der Waals surface area contributed by atoms with E-state index in [0.29, 0.717) is 18.7 Å². The number of hydrogen-bond acceptors (Lipinski definition) is 4. The normalized spacial score (nSPS) is 11.8. The maximum absolute atomic E-state index is 11.9. The standard InChI is InChI=1S/C14H19N3O3/c1-14(2,19)8-20-6-5-15-13(18)10-3-4-11-12(7-10)17-9-16-11/h3-4,7,9,19H,5-6,8H2,1-2H3,(H,15,18)(H,16,17). The fourth-order valence-electron chi connectivity index (χ4n) is 1.74. The van der Waals surface area contributed by atoms with Crippen LogP contribution in [0.3, 0.4) is 0 Å². The predicted molar refractivity (Wildman–Crippen MR) is 75.5 cm³/mol. The van der Waals surface area contributed by atoms with Crippen LogP contribution in [0.4, 0.5) is 0 Å². The van der Waals surface area contributed by atoms with Crippen LogP contribution in [-0.2, 0) is 4.74 Å². The first kappa shape index (κ1) is 14.5.